The van der Waals surface area contributed by atoms with E-state index in [-0.39, 0.29) is 0 Å². The summed E-state index contributed by atoms with van der Waals surface area (Å²) in [5.74, 6) is 5.92. The summed E-state index contributed by atoms with van der Waals surface area (Å²) in [4.78, 5) is 18.5. The van der Waals surface area contributed by atoms with Gasteiger partial charge in [-0.3, -0.25) is 0 Å². The molecule has 0 amide bonds. The van der Waals surface area contributed by atoms with Gasteiger partial charge < -0.3 is 31.2 Å². The van der Waals surface area contributed by atoms with Crippen LogP contribution in [0.3, 0.4) is 0 Å². The van der Waals surface area contributed by atoms with Crippen molar-refractivity contribution in [3.05, 3.63) is 65.3 Å². The topological polar surface area (TPSA) is 132 Å². The SMILES string of the molecule is COc1ccc(-c2c(Cl)nc(C)nc2NC2CCCC2)cc1.COc1ccc(-c2c(NC3CCCC3)nc(C)nc2NC2CCCC2)cc1.NC1CCCC1. The van der Waals surface area contributed by atoms with Crippen molar-refractivity contribution in [3.63, 3.8) is 0 Å². The monoisotopic (exact) mass is 768 g/mol. The number of nitrogens with one attached hydrogen (secondary N) is 3. The van der Waals surface area contributed by atoms with Gasteiger partial charge in [-0.1, -0.05) is 87.2 Å². The summed E-state index contributed by atoms with van der Waals surface area (Å²) in [5.41, 5.74) is 9.60. The molecule has 2 aromatic heterocycles. The molecule has 296 valence electrons. The van der Waals surface area contributed by atoms with Crippen molar-refractivity contribution in [2.75, 3.05) is 30.2 Å². The first-order chi connectivity index (χ1) is 26.8. The van der Waals surface area contributed by atoms with E-state index in [1.807, 2.05) is 50.2 Å². The average molecular weight is 769 g/mol. The summed E-state index contributed by atoms with van der Waals surface area (Å²) in [6.45, 7) is 3.85. The van der Waals surface area contributed by atoms with Crippen molar-refractivity contribution < 1.29 is 9.47 Å². The minimum atomic E-state index is 0.474. The Hall–Kier alpha value is -4.15. The minimum absolute atomic E-state index is 0.474. The predicted molar refractivity (Wildman–Crippen MR) is 227 cm³/mol. The first-order valence-corrected chi connectivity index (χ1v) is 20.9. The maximum absolute atomic E-state index is 6.41. The number of hydrogen-bond donors (Lipinski definition) is 4. The van der Waals surface area contributed by atoms with Crippen LogP contribution in [0, 0.1) is 13.8 Å². The molecular formula is C44H61ClN8O2. The molecule has 55 heavy (non-hydrogen) atoms. The standard InChI is InChI=1S/C22H30N4O.C17H20ClN3O.C5H11N/c1-15-23-21(25-17-7-3-4-8-17)20(16-11-13-19(27-2)14-12-16)22(24-15)26-18-9-5-6-10-18;1-11-19-16(18)15(12-7-9-14(22-2)10-8-12)17(20-11)21-13-5-3-4-6-13;6-5-3-1-2-4-5/h11-14,17-18H,3-10H2,1-2H3,(H2,23,24,25,26);7-10,13H,3-6H2,1-2H3,(H,19,20,21);5H,1-4,6H2. The number of hydrogen-bond acceptors (Lipinski definition) is 10. The highest BCUT2D eigenvalue weighted by Gasteiger charge is 2.24. The fourth-order valence-electron chi connectivity index (χ4n) is 8.22. The number of rotatable bonds is 10. The number of aryl methyl sites for hydroxylation is 2. The Balaban J connectivity index is 0.000000165. The minimum Gasteiger partial charge on any atom is -0.497 e. The molecule has 0 aliphatic heterocycles. The van der Waals surface area contributed by atoms with E-state index in [2.05, 4.69) is 38.1 Å². The molecule has 4 aromatic rings. The molecule has 0 radical (unpaired) electrons. The van der Waals surface area contributed by atoms with Gasteiger partial charge in [-0.15, -0.1) is 0 Å². The summed E-state index contributed by atoms with van der Waals surface area (Å²) in [6, 6.07) is 18.1. The molecule has 0 spiro atoms. The van der Waals surface area contributed by atoms with Crippen LogP contribution in [0.25, 0.3) is 22.3 Å². The Morgan fingerprint density at radius 2 is 0.836 bits per heavy atom. The molecule has 4 aliphatic rings. The van der Waals surface area contributed by atoms with E-state index < -0.39 is 0 Å². The van der Waals surface area contributed by atoms with Crippen LogP contribution < -0.4 is 31.2 Å². The summed E-state index contributed by atoms with van der Waals surface area (Å²) < 4.78 is 10.5. The Morgan fingerprint density at radius 3 is 1.18 bits per heavy atom. The van der Waals surface area contributed by atoms with Crippen molar-refractivity contribution >= 4 is 29.1 Å². The van der Waals surface area contributed by atoms with E-state index >= 15 is 0 Å². The van der Waals surface area contributed by atoms with Crippen LogP contribution in [0.2, 0.25) is 5.15 Å². The van der Waals surface area contributed by atoms with Crippen LogP contribution >= 0.6 is 11.6 Å². The fraction of sp³-hybridized carbons (Fsp3) is 0.545. The molecule has 11 heteroatoms. The quantitative estimate of drug-likeness (QED) is 0.116. The number of nitrogens with zero attached hydrogens (tertiary/aromatic N) is 4. The van der Waals surface area contributed by atoms with Gasteiger partial charge in [0.2, 0.25) is 0 Å². The largest absolute Gasteiger partial charge is 0.497 e. The Kier molecular flexibility index (Phi) is 14.8. The van der Waals surface area contributed by atoms with Gasteiger partial charge in [0.05, 0.1) is 25.3 Å². The van der Waals surface area contributed by atoms with Crippen LogP contribution in [0.1, 0.15) is 114 Å². The molecule has 2 aromatic carbocycles. The van der Waals surface area contributed by atoms with Crippen molar-refractivity contribution in [3.8, 4) is 33.8 Å². The van der Waals surface area contributed by atoms with E-state index in [4.69, 9.17) is 36.8 Å². The first-order valence-electron chi connectivity index (χ1n) is 20.6. The number of aromatic nitrogens is 4. The molecule has 4 aliphatic carbocycles. The zero-order valence-corrected chi connectivity index (χ0v) is 34.1. The van der Waals surface area contributed by atoms with Gasteiger partial charge in [0.1, 0.15) is 45.8 Å². The van der Waals surface area contributed by atoms with E-state index in [1.54, 1.807) is 14.2 Å². The number of anilines is 3. The van der Waals surface area contributed by atoms with Gasteiger partial charge in [-0.05, 0) is 101 Å². The van der Waals surface area contributed by atoms with E-state index in [0.29, 0.717) is 35.1 Å². The van der Waals surface area contributed by atoms with Gasteiger partial charge >= 0.3 is 0 Å². The Labute approximate surface area is 333 Å². The Morgan fingerprint density at radius 1 is 0.509 bits per heavy atom. The van der Waals surface area contributed by atoms with Crippen LogP contribution in [-0.4, -0.2) is 58.3 Å². The molecule has 4 saturated carbocycles. The van der Waals surface area contributed by atoms with E-state index in [1.165, 1.54) is 103 Å². The fourth-order valence-corrected chi connectivity index (χ4v) is 8.54. The molecule has 0 atom stereocenters. The maximum atomic E-state index is 6.41. The number of benzene rings is 2. The van der Waals surface area contributed by atoms with Gasteiger partial charge in [0.25, 0.3) is 0 Å². The van der Waals surface area contributed by atoms with Crippen molar-refractivity contribution in [1.82, 2.24) is 19.9 Å². The summed E-state index contributed by atoms with van der Waals surface area (Å²) >= 11 is 6.41. The second-order valence-corrected chi connectivity index (χ2v) is 15.9. The highest BCUT2D eigenvalue weighted by atomic mass is 35.5. The van der Waals surface area contributed by atoms with Crippen LogP contribution in [0.4, 0.5) is 17.5 Å². The normalized spacial score (nSPS) is 17.6. The lowest BCUT2D eigenvalue weighted by atomic mass is 10.0. The number of halogens is 1. The van der Waals surface area contributed by atoms with Crippen LogP contribution in [0.5, 0.6) is 11.5 Å². The molecule has 10 nitrogen and oxygen atoms in total. The second kappa shape index (κ2) is 20.1. The number of ether oxygens (including phenoxy) is 2. The van der Waals surface area contributed by atoms with E-state index in [9.17, 15) is 0 Å². The summed E-state index contributed by atoms with van der Waals surface area (Å²) in [5, 5.41) is 11.5. The molecule has 4 fully saturated rings. The maximum Gasteiger partial charge on any atom is 0.142 e. The lowest BCUT2D eigenvalue weighted by Crippen LogP contribution is -2.20. The third kappa shape index (κ3) is 11.4. The van der Waals surface area contributed by atoms with Gasteiger partial charge in [0, 0.05) is 24.2 Å². The average Bonchev–Trinajstić information content (AvgIpc) is 4.04. The van der Waals surface area contributed by atoms with Crippen molar-refractivity contribution in [2.24, 2.45) is 5.73 Å². The van der Waals surface area contributed by atoms with Crippen LogP contribution in [0.15, 0.2) is 48.5 Å². The molecule has 2 heterocycles. The van der Waals surface area contributed by atoms with Gasteiger partial charge in [0.15, 0.2) is 0 Å². The molecule has 5 N–H and O–H groups in total. The van der Waals surface area contributed by atoms with Crippen LogP contribution in [-0.2, 0) is 0 Å². The zero-order chi connectivity index (χ0) is 38.6. The molecule has 0 saturated heterocycles. The smallest absolute Gasteiger partial charge is 0.142 e. The molecule has 8 rings (SSSR count). The van der Waals surface area contributed by atoms with Gasteiger partial charge in [-0.2, -0.15) is 0 Å². The van der Waals surface area contributed by atoms with Gasteiger partial charge in [-0.25, -0.2) is 19.9 Å². The lowest BCUT2D eigenvalue weighted by Gasteiger charge is -2.22. The summed E-state index contributed by atoms with van der Waals surface area (Å²) in [6.07, 6.45) is 20.2. The second-order valence-electron chi connectivity index (χ2n) is 15.5. The highest BCUT2D eigenvalue weighted by Crippen LogP contribution is 2.38. The third-order valence-electron chi connectivity index (χ3n) is 11.2. The lowest BCUT2D eigenvalue weighted by molar-refractivity contribution is 0.415. The molecule has 0 bridgehead atoms. The Bertz CT molecular complexity index is 1740. The third-order valence-corrected chi connectivity index (χ3v) is 11.5. The zero-order valence-electron chi connectivity index (χ0n) is 33.3. The highest BCUT2D eigenvalue weighted by molar-refractivity contribution is 6.32. The predicted octanol–water partition coefficient (Wildman–Crippen LogP) is 10.5. The number of nitrogens with two attached hydrogens (primary N) is 1. The first kappa shape index (κ1) is 40.5. The number of methoxy groups -OCH3 is 2. The molecular weight excluding hydrogens is 708 g/mol. The van der Waals surface area contributed by atoms with Crippen molar-refractivity contribution in [2.45, 2.75) is 141 Å². The van der Waals surface area contributed by atoms with E-state index in [0.717, 1.165) is 57.0 Å². The molecule has 0 unspecified atom stereocenters. The van der Waals surface area contributed by atoms with Crippen molar-refractivity contribution in [1.29, 1.82) is 0 Å². The summed E-state index contributed by atoms with van der Waals surface area (Å²) in [7, 11) is 3.36.